The SMILES string of the molecule is CCCCCCc1nc(NC)c2ncn([C@H]3C[C@H](OP(=O)(O)O)[C@]4(COP(=O)(O)O)C[C@H]34)c2n1. The maximum Gasteiger partial charge on any atom is 0.469 e. The molecule has 2 aromatic rings. The van der Waals surface area contributed by atoms with E-state index in [1.807, 2.05) is 4.57 Å². The minimum Gasteiger partial charge on any atom is -0.371 e. The van der Waals surface area contributed by atoms with Crippen molar-refractivity contribution in [2.24, 2.45) is 11.3 Å². The van der Waals surface area contributed by atoms with Crippen LogP contribution in [0.5, 0.6) is 0 Å². The summed E-state index contributed by atoms with van der Waals surface area (Å²) in [4.78, 5) is 51.0. The van der Waals surface area contributed by atoms with Gasteiger partial charge in [-0.15, -0.1) is 0 Å². The molecule has 4 atom stereocenters. The fraction of sp³-hybridized carbons (Fsp3) is 0.737. The second-order valence-electron chi connectivity index (χ2n) is 9.07. The quantitative estimate of drug-likeness (QED) is 0.204. The maximum atomic E-state index is 11.6. The van der Waals surface area contributed by atoms with Gasteiger partial charge in [-0.05, 0) is 25.2 Å². The lowest BCUT2D eigenvalue weighted by Gasteiger charge is -2.24. The van der Waals surface area contributed by atoms with E-state index in [1.165, 1.54) is 0 Å². The molecule has 2 saturated carbocycles. The van der Waals surface area contributed by atoms with E-state index in [1.54, 1.807) is 13.4 Å². The van der Waals surface area contributed by atoms with Crippen molar-refractivity contribution in [1.82, 2.24) is 19.5 Å². The summed E-state index contributed by atoms with van der Waals surface area (Å²) in [7, 11) is -7.84. The average Bonchev–Trinajstić information content (AvgIpc) is 3.22. The minimum absolute atomic E-state index is 0.172. The van der Waals surface area contributed by atoms with Crippen molar-refractivity contribution >= 4 is 32.6 Å². The third-order valence-electron chi connectivity index (χ3n) is 6.82. The van der Waals surface area contributed by atoms with Crippen LogP contribution < -0.4 is 5.32 Å². The number of phosphoric acid groups is 2. The number of phosphoric ester groups is 2. The molecule has 190 valence electrons. The zero-order valence-corrected chi connectivity index (χ0v) is 20.9. The van der Waals surface area contributed by atoms with Crippen molar-refractivity contribution in [3.05, 3.63) is 12.2 Å². The van der Waals surface area contributed by atoms with Crippen molar-refractivity contribution in [1.29, 1.82) is 0 Å². The molecule has 0 bridgehead atoms. The first kappa shape index (κ1) is 25.7. The summed E-state index contributed by atoms with van der Waals surface area (Å²) in [6.45, 7) is 1.78. The lowest BCUT2D eigenvalue weighted by atomic mass is 10.0. The Bertz CT molecular complexity index is 1130. The van der Waals surface area contributed by atoms with Gasteiger partial charge in [0.25, 0.3) is 0 Å². The smallest absolute Gasteiger partial charge is 0.371 e. The predicted octanol–water partition coefficient (Wildman–Crippen LogP) is 2.53. The van der Waals surface area contributed by atoms with E-state index in [0.29, 0.717) is 35.6 Å². The van der Waals surface area contributed by atoms with Gasteiger partial charge in [-0.25, -0.2) is 24.1 Å². The largest absolute Gasteiger partial charge is 0.469 e. The van der Waals surface area contributed by atoms with Gasteiger partial charge in [-0.1, -0.05) is 26.2 Å². The summed E-state index contributed by atoms with van der Waals surface area (Å²) in [6, 6.07) is -0.283. The first-order valence-corrected chi connectivity index (χ1v) is 14.4. The maximum absolute atomic E-state index is 11.6. The number of nitrogens with zero attached hydrogens (tertiary/aromatic N) is 4. The van der Waals surface area contributed by atoms with E-state index < -0.39 is 27.2 Å². The van der Waals surface area contributed by atoms with E-state index in [2.05, 4.69) is 22.2 Å². The second kappa shape index (κ2) is 9.55. The minimum atomic E-state index is -4.83. The summed E-state index contributed by atoms with van der Waals surface area (Å²) in [5.74, 6) is 1.11. The van der Waals surface area contributed by atoms with Gasteiger partial charge in [0.2, 0.25) is 0 Å². The van der Waals surface area contributed by atoms with Gasteiger partial charge in [-0.3, -0.25) is 9.05 Å². The van der Waals surface area contributed by atoms with Gasteiger partial charge in [0.05, 0.1) is 19.0 Å². The van der Waals surface area contributed by atoms with E-state index in [9.17, 15) is 18.9 Å². The van der Waals surface area contributed by atoms with Crippen LogP contribution in [0.3, 0.4) is 0 Å². The molecule has 15 heteroatoms. The van der Waals surface area contributed by atoms with E-state index in [0.717, 1.165) is 25.7 Å². The Morgan fingerprint density at radius 3 is 2.59 bits per heavy atom. The molecule has 4 rings (SSSR count). The molecule has 0 spiro atoms. The first-order valence-electron chi connectivity index (χ1n) is 11.3. The van der Waals surface area contributed by atoms with E-state index >= 15 is 0 Å². The molecule has 2 aromatic heterocycles. The Balaban J connectivity index is 1.64. The zero-order valence-electron chi connectivity index (χ0n) is 19.1. The third-order valence-corrected chi connectivity index (χ3v) is 7.82. The van der Waals surface area contributed by atoms with Crippen LogP contribution in [0, 0.1) is 11.3 Å². The number of anilines is 1. The molecular formula is C19H31N5O8P2. The number of aryl methyl sites for hydroxylation is 1. The van der Waals surface area contributed by atoms with Crippen molar-refractivity contribution in [3.63, 3.8) is 0 Å². The van der Waals surface area contributed by atoms with Gasteiger partial charge >= 0.3 is 15.6 Å². The van der Waals surface area contributed by atoms with Crippen LogP contribution >= 0.6 is 15.6 Å². The lowest BCUT2D eigenvalue weighted by Crippen LogP contribution is -2.26. The van der Waals surface area contributed by atoms with Crippen LogP contribution in [0.15, 0.2) is 6.33 Å². The Morgan fingerprint density at radius 1 is 1.18 bits per heavy atom. The first-order chi connectivity index (χ1) is 16.0. The predicted molar refractivity (Wildman–Crippen MR) is 122 cm³/mol. The molecule has 13 nitrogen and oxygen atoms in total. The van der Waals surface area contributed by atoms with Crippen LogP contribution in [0.25, 0.3) is 11.2 Å². The molecule has 2 heterocycles. The number of rotatable bonds is 12. The molecule has 5 N–H and O–H groups in total. The summed E-state index contributed by atoms with van der Waals surface area (Å²) < 4.78 is 34.6. The highest BCUT2D eigenvalue weighted by Gasteiger charge is 2.70. The number of nitrogens with one attached hydrogen (secondary N) is 1. The number of hydrogen-bond acceptors (Lipinski definition) is 8. The van der Waals surface area contributed by atoms with Crippen molar-refractivity contribution in [2.45, 2.75) is 64.0 Å². The highest BCUT2D eigenvalue weighted by Crippen LogP contribution is 2.71. The molecule has 2 aliphatic rings. The van der Waals surface area contributed by atoms with Gasteiger partial charge < -0.3 is 29.5 Å². The molecule has 0 aliphatic heterocycles. The van der Waals surface area contributed by atoms with Crippen molar-refractivity contribution in [3.8, 4) is 0 Å². The summed E-state index contributed by atoms with van der Waals surface area (Å²) in [5, 5.41) is 3.06. The van der Waals surface area contributed by atoms with Crippen LogP contribution in [0.1, 0.15) is 57.3 Å². The second-order valence-corrected chi connectivity index (χ2v) is 11.5. The summed E-state index contributed by atoms with van der Waals surface area (Å²) in [6.07, 6.45) is 6.38. The monoisotopic (exact) mass is 519 g/mol. The lowest BCUT2D eigenvalue weighted by molar-refractivity contribution is 0.0499. The molecule has 0 radical (unpaired) electrons. The summed E-state index contributed by atoms with van der Waals surface area (Å²) >= 11 is 0. The molecule has 2 fully saturated rings. The summed E-state index contributed by atoms with van der Waals surface area (Å²) in [5.41, 5.74) is 0.269. The molecule has 0 saturated heterocycles. The number of fused-ring (bicyclic) bond motifs is 2. The van der Waals surface area contributed by atoms with Gasteiger partial charge in [-0.2, -0.15) is 0 Å². The third kappa shape index (κ3) is 5.37. The number of aromatic nitrogens is 4. The molecule has 0 amide bonds. The Morgan fingerprint density at radius 2 is 1.94 bits per heavy atom. The normalized spacial score (nSPS) is 26.7. The van der Waals surface area contributed by atoms with Crippen LogP contribution in [-0.4, -0.2) is 58.9 Å². The van der Waals surface area contributed by atoms with Crippen LogP contribution in [-0.2, 0) is 24.6 Å². The van der Waals surface area contributed by atoms with Gasteiger partial charge in [0.1, 0.15) is 11.3 Å². The number of hydrogen-bond donors (Lipinski definition) is 5. The topological polar surface area (TPSA) is 189 Å². The van der Waals surface area contributed by atoms with E-state index in [4.69, 9.17) is 23.8 Å². The Labute approximate surface area is 196 Å². The average molecular weight is 519 g/mol. The number of unbranched alkanes of at least 4 members (excludes halogenated alkanes) is 3. The Kier molecular flexibility index (Phi) is 7.21. The fourth-order valence-corrected chi connectivity index (χ4v) is 6.18. The number of imidazole rings is 1. The fourth-order valence-electron chi connectivity index (χ4n) is 5.14. The standard InChI is InChI=1S/C19H31N5O8P2/c1-3-4-5-6-7-15-22-17(20-2)16-18(23-15)24(11-21-16)13-8-14(32-34(28,29)30)19(9-12(13)19)10-31-33(25,26)27/h11-14H,3-10H2,1-2H3,(H,20,22,23)(H2,25,26,27)(H2,28,29,30)/t12-,13+,14+,19+/m1/s1. The highest BCUT2D eigenvalue weighted by molar-refractivity contribution is 7.46. The van der Waals surface area contributed by atoms with Crippen molar-refractivity contribution in [2.75, 3.05) is 19.0 Å². The van der Waals surface area contributed by atoms with Crippen LogP contribution in [0.4, 0.5) is 5.82 Å². The molecule has 2 aliphatic carbocycles. The van der Waals surface area contributed by atoms with Gasteiger partial charge in [0.15, 0.2) is 11.5 Å². The Hall–Kier alpha value is -1.43. The zero-order chi connectivity index (χ0) is 24.7. The molecule has 0 aromatic carbocycles. The molecule has 34 heavy (non-hydrogen) atoms. The van der Waals surface area contributed by atoms with Crippen molar-refractivity contribution < 1.29 is 37.8 Å². The van der Waals surface area contributed by atoms with Gasteiger partial charge in [0, 0.05) is 24.9 Å². The van der Waals surface area contributed by atoms with Crippen LogP contribution in [0.2, 0.25) is 0 Å². The van der Waals surface area contributed by atoms with E-state index in [-0.39, 0.29) is 25.0 Å². The molecular weight excluding hydrogens is 488 g/mol. The molecule has 0 unspecified atom stereocenters. The highest BCUT2D eigenvalue weighted by atomic mass is 31.2.